The lowest BCUT2D eigenvalue weighted by atomic mass is 10.1. The van der Waals surface area contributed by atoms with Crippen molar-refractivity contribution in [3.8, 4) is 6.07 Å². The molecular formula is C20H22FN5O. The molecule has 6 nitrogen and oxygen atoms in total. The van der Waals surface area contributed by atoms with E-state index in [1.165, 1.54) is 6.07 Å². The van der Waals surface area contributed by atoms with E-state index in [0.29, 0.717) is 31.7 Å². The maximum Gasteiger partial charge on any atom is 0.238 e. The first-order chi connectivity index (χ1) is 13.0. The van der Waals surface area contributed by atoms with Crippen LogP contribution < -0.4 is 10.2 Å². The fourth-order valence-electron chi connectivity index (χ4n) is 3.30. The second-order valence-electron chi connectivity index (χ2n) is 6.65. The second kappa shape index (κ2) is 8.14. The second-order valence-corrected chi connectivity index (χ2v) is 6.65. The number of anilines is 2. The molecule has 0 saturated carbocycles. The largest absolute Gasteiger partial charge is 0.368 e. The van der Waals surface area contributed by atoms with E-state index in [4.69, 9.17) is 0 Å². The molecule has 1 aromatic heterocycles. The number of benzene rings is 1. The molecule has 1 amide bonds. The van der Waals surface area contributed by atoms with Crippen LogP contribution in [-0.2, 0) is 4.79 Å². The van der Waals surface area contributed by atoms with Gasteiger partial charge in [-0.25, -0.2) is 4.39 Å². The fourth-order valence-corrected chi connectivity index (χ4v) is 3.30. The SMILES string of the molecule is Cc1cc(N2CCN(CC(=O)Nc3ccccc3F)CC2)c(C#N)c(C)n1. The summed E-state index contributed by atoms with van der Waals surface area (Å²) in [6.07, 6.45) is 0. The van der Waals surface area contributed by atoms with Crippen molar-refractivity contribution in [3.05, 3.63) is 53.1 Å². The number of hydrogen-bond donors (Lipinski definition) is 1. The lowest BCUT2D eigenvalue weighted by Crippen LogP contribution is -2.49. The minimum absolute atomic E-state index is 0.197. The van der Waals surface area contributed by atoms with Crippen LogP contribution >= 0.6 is 0 Å². The van der Waals surface area contributed by atoms with Crippen molar-refractivity contribution >= 4 is 17.3 Å². The molecular weight excluding hydrogens is 345 g/mol. The van der Waals surface area contributed by atoms with Crippen molar-refractivity contribution in [3.63, 3.8) is 0 Å². The summed E-state index contributed by atoms with van der Waals surface area (Å²) in [4.78, 5) is 20.7. The minimum Gasteiger partial charge on any atom is -0.368 e. The molecule has 7 heteroatoms. The number of pyridine rings is 1. The topological polar surface area (TPSA) is 72.3 Å². The number of carbonyl (C=O) groups excluding carboxylic acids is 1. The Morgan fingerprint density at radius 2 is 1.96 bits per heavy atom. The van der Waals surface area contributed by atoms with Crippen molar-refractivity contribution < 1.29 is 9.18 Å². The number of para-hydroxylation sites is 1. The van der Waals surface area contributed by atoms with E-state index in [0.717, 1.165) is 17.1 Å². The van der Waals surface area contributed by atoms with E-state index in [1.54, 1.807) is 18.2 Å². The van der Waals surface area contributed by atoms with Crippen molar-refractivity contribution in [1.29, 1.82) is 5.26 Å². The van der Waals surface area contributed by atoms with Crippen LogP contribution in [-0.4, -0.2) is 48.5 Å². The molecule has 140 valence electrons. The number of aryl methyl sites for hydroxylation is 2. The summed E-state index contributed by atoms with van der Waals surface area (Å²) < 4.78 is 13.6. The third-order valence-electron chi connectivity index (χ3n) is 4.65. The molecule has 1 aromatic carbocycles. The lowest BCUT2D eigenvalue weighted by Gasteiger charge is -2.36. The Bertz CT molecular complexity index is 884. The Hall–Kier alpha value is -2.98. The Balaban J connectivity index is 1.59. The van der Waals surface area contributed by atoms with Gasteiger partial charge < -0.3 is 10.2 Å². The highest BCUT2D eigenvalue weighted by molar-refractivity contribution is 5.92. The van der Waals surface area contributed by atoms with E-state index in [9.17, 15) is 14.4 Å². The van der Waals surface area contributed by atoms with Gasteiger partial charge in [0.15, 0.2) is 0 Å². The molecule has 1 N–H and O–H groups in total. The van der Waals surface area contributed by atoms with Crippen LogP contribution in [0.2, 0.25) is 0 Å². The number of aromatic nitrogens is 1. The van der Waals surface area contributed by atoms with Gasteiger partial charge in [0.2, 0.25) is 5.91 Å². The molecule has 0 spiro atoms. The van der Waals surface area contributed by atoms with Crippen LogP contribution in [0.25, 0.3) is 0 Å². The molecule has 3 rings (SSSR count). The van der Waals surface area contributed by atoms with Gasteiger partial charge in [0, 0.05) is 31.9 Å². The van der Waals surface area contributed by atoms with E-state index >= 15 is 0 Å². The lowest BCUT2D eigenvalue weighted by molar-refractivity contribution is -0.117. The number of amides is 1. The molecule has 1 fully saturated rings. The third-order valence-corrected chi connectivity index (χ3v) is 4.65. The standard InChI is InChI=1S/C20H22FN5O/c1-14-11-19(16(12-22)15(2)23-14)26-9-7-25(8-10-26)13-20(27)24-18-6-4-3-5-17(18)21/h3-6,11H,7-10,13H2,1-2H3,(H,24,27). The molecule has 0 aliphatic carbocycles. The van der Waals surface area contributed by atoms with Gasteiger partial charge in [-0.2, -0.15) is 5.26 Å². The summed E-state index contributed by atoms with van der Waals surface area (Å²) in [6, 6.07) is 10.3. The van der Waals surface area contributed by atoms with Crippen molar-refractivity contribution in [2.45, 2.75) is 13.8 Å². The maximum atomic E-state index is 13.6. The predicted molar refractivity (Wildman–Crippen MR) is 102 cm³/mol. The van der Waals surface area contributed by atoms with E-state index in [2.05, 4.69) is 21.3 Å². The smallest absolute Gasteiger partial charge is 0.238 e. The van der Waals surface area contributed by atoms with Crippen LogP contribution in [0.15, 0.2) is 30.3 Å². The fraction of sp³-hybridized carbons (Fsp3) is 0.350. The van der Waals surface area contributed by atoms with Gasteiger partial charge >= 0.3 is 0 Å². The van der Waals surface area contributed by atoms with Crippen LogP contribution in [0.4, 0.5) is 15.8 Å². The number of nitrogens with zero attached hydrogens (tertiary/aromatic N) is 4. The summed E-state index contributed by atoms with van der Waals surface area (Å²) >= 11 is 0. The Labute approximate surface area is 158 Å². The van der Waals surface area contributed by atoms with Crippen molar-refractivity contribution in [1.82, 2.24) is 9.88 Å². The number of rotatable bonds is 4. The molecule has 0 bridgehead atoms. The van der Waals surface area contributed by atoms with Gasteiger partial charge in [0.1, 0.15) is 11.9 Å². The predicted octanol–water partition coefficient (Wildman–Crippen LogP) is 2.47. The molecule has 27 heavy (non-hydrogen) atoms. The quantitative estimate of drug-likeness (QED) is 0.899. The zero-order valence-corrected chi connectivity index (χ0v) is 15.5. The zero-order chi connectivity index (χ0) is 19.4. The molecule has 1 aliphatic rings. The number of halogens is 1. The van der Waals surface area contributed by atoms with Crippen molar-refractivity contribution in [2.24, 2.45) is 0 Å². The van der Waals surface area contributed by atoms with Gasteiger partial charge in [-0.05, 0) is 32.0 Å². The van der Waals surface area contributed by atoms with Crippen LogP contribution in [0, 0.1) is 31.0 Å². The van der Waals surface area contributed by atoms with Crippen LogP contribution in [0.1, 0.15) is 17.0 Å². The average molecular weight is 367 g/mol. The maximum absolute atomic E-state index is 13.6. The molecule has 0 unspecified atom stereocenters. The number of piperazine rings is 1. The monoisotopic (exact) mass is 367 g/mol. The van der Waals surface area contributed by atoms with E-state index < -0.39 is 5.82 Å². The average Bonchev–Trinajstić information content (AvgIpc) is 2.64. The highest BCUT2D eigenvalue weighted by Crippen LogP contribution is 2.24. The van der Waals surface area contributed by atoms with Gasteiger partial charge in [0.25, 0.3) is 0 Å². The Kier molecular flexibility index (Phi) is 5.67. The summed E-state index contributed by atoms with van der Waals surface area (Å²) in [5, 5.41) is 12.1. The minimum atomic E-state index is -0.442. The Morgan fingerprint density at radius 1 is 1.26 bits per heavy atom. The first kappa shape index (κ1) is 18.8. The Morgan fingerprint density at radius 3 is 2.63 bits per heavy atom. The van der Waals surface area contributed by atoms with E-state index in [1.807, 2.05) is 24.8 Å². The summed E-state index contributed by atoms with van der Waals surface area (Å²) in [5.41, 5.74) is 3.32. The number of carbonyl (C=O) groups is 1. The first-order valence-corrected chi connectivity index (χ1v) is 8.88. The summed E-state index contributed by atoms with van der Waals surface area (Å²) in [5.74, 6) is -0.676. The number of hydrogen-bond acceptors (Lipinski definition) is 5. The third kappa shape index (κ3) is 4.41. The normalized spacial score (nSPS) is 14.7. The van der Waals surface area contributed by atoms with Crippen molar-refractivity contribution in [2.75, 3.05) is 42.9 Å². The summed E-state index contributed by atoms with van der Waals surface area (Å²) in [7, 11) is 0. The van der Waals surface area contributed by atoms with Gasteiger partial charge in [-0.1, -0.05) is 12.1 Å². The number of nitriles is 1. The van der Waals surface area contributed by atoms with Gasteiger partial charge in [-0.15, -0.1) is 0 Å². The van der Waals surface area contributed by atoms with Gasteiger partial charge in [0.05, 0.1) is 29.2 Å². The highest BCUT2D eigenvalue weighted by atomic mass is 19.1. The molecule has 0 radical (unpaired) electrons. The zero-order valence-electron chi connectivity index (χ0n) is 15.5. The van der Waals surface area contributed by atoms with Crippen LogP contribution in [0.3, 0.4) is 0 Å². The van der Waals surface area contributed by atoms with Crippen LogP contribution in [0.5, 0.6) is 0 Å². The van der Waals surface area contributed by atoms with Gasteiger partial charge in [-0.3, -0.25) is 14.7 Å². The molecule has 1 saturated heterocycles. The molecule has 2 heterocycles. The first-order valence-electron chi connectivity index (χ1n) is 8.88. The summed E-state index contributed by atoms with van der Waals surface area (Å²) in [6.45, 7) is 6.78. The highest BCUT2D eigenvalue weighted by Gasteiger charge is 2.22. The number of nitrogens with one attached hydrogen (secondary N) is 1. The molecule has 2 aromatic rings. The molecule has 1 aliphatic heterocycles. The molecule has 0 atom stereocenters. The van der Waals surface area contributed by atoms with E-state index in [-0.39, 0.29) is 18.1 Å².